The zero-order valence-electron chi connectivity index (χ0n) is 10.8. The van der Waals surface area contributed by atoms with Crippen LogP contribution in [-0.4, -0.2) is 35.1 Å². The molecule has 2 amide bonds. The second kappa shape index (κ2) is 6.40. The molecule has 0 bridgehead atoms. The summed E-state index contributed by atoms with van der Waals surface area (Å²) < 4.78 is 0. The monoisotopic (exact) mass is 261 g/mol. The van der Waals surface area contributed by atoms with Crippen LogP contribution in [0.1, 0.15) is 18.1 Å². The van der Waals surface area contributed by atoms with Crippen molar-refractivity contribution >= 4 is 12.0 Å². The van der Waals surface area contributed by atoms with Gasteiger partial charge in [0.2, 0.25) is 0 Å². The normalized spacial score (nSPS) is 11.2. The molecule has 1 atom stereocenters. The van der Waals surface area contributed by atoms with Crippen molar-refractivity contribution < 1.29 is 14.7 Å². The Morgan fingerprint density at radius 2 is 2.21 bits per heavy atom. The van der Waals surface area contributed by atoms with Crippen molar-refractivity contribution in [1.29, 1.82) is 5.26 Å². The zero-order valence-corrected chi connectivity index (χ0v) is 10.8. The number of carbonyl (C=O) groups excluding carboxylic acids is 1. The van der Waals surface area contributed by atoms with E-state index in [1.807, 2.05) is 6.07 Å². The third-order valence-electron chi connectivity index (χ3n) is 2.53. The van der Waals surface area contributed by atoms with Crippen LogP contribution in [0.2, 0.25) is 0 Å². The van der Waals surface area contributed by atoms with Crippen LogP contribution in [0.15, 0.2) is 24.3 Å². The smallest absolute Gasteiger partial charge is 0.325 e. The first-order chi connectivity index (χ1) is 8.93. The molecule has 1 rings (SSSR count). The van der Waals surface area contributed by atoms with E-state index < -0.39 is 18.0 Å². The standard InChI is InChI=1S/C13H15N3O3/c1-9(12(17)18)15-13(19)16(2)8-11-5-3-4-10(6-11)7-14/h3-6,9H,8H2,1-2H3,(H,15,19)(H,17,18). The molecular formula is C13H15N3O3. The maximum atomic E-state index is 11.7. The van der Waals surface area contributed by atoms with E-state index in [0.717, 1.165) is 5.56 Å². The van der Waals surface area contributed by atoms with E-state index in [9.17, 15) is 9.59 Å². The lowest BCUT2D eigenvalue weighted by Gasteiger charge is -2.19. The molecule has 1 aromatic carbocycles. The lowest BCUT2D eigenvalue weighted by atomic mass is 10.1. The highest BCUT2D eigenvalue weighted by Gasteiger charge is 2.16. The van der Waals surface area contributed by atoms with E-state index in [4.69, 9.17) is 10.4 Å². The molecule has 0 fully saturated rings. The van der Waals surface area contributed by atoms with Crippen molar-refractivity contribution in [2.24, 2.45) is 0 Å². The summed E-state index contributed by atoms with van der Waals surface area (Å²) in [6, 6.07) is 7.50. The van der Waals surface area contributed by atoms with Crippen LogP contribution < -0.4 is 5.32 Å². The first kappa shape index (κ1) is 14.5. The van der Waals surface area contributed by atoms with Gasteiger partial charge >= 0.3 is 12.0 Å². The van der Waals surface area contributed by atoms with E-state index in [-0.39, 0.29) is 0 Å². The number of urea groups is 1. The quantitative estimate of drug-likeness (QED) is 0.850. The Morgan fingerprint density at radius 1 is 1.53 bits per heavy atom. The molecule has 1 unspecified atom stereocenters. The number of nitrogens with one attached hydrogen (secondary N) is 1. The van der Waals surface area contributed by atoms with Crippen molar-refractivity contribution in [1.82, 2.24) is 10.2 Å². The van der Waals surface area contributed by atoms with Gasteiger partial charge in [-0.05, 0) is 24.6 Å². The Bertz CT molecular complexity index is 522. The van der Waals surface area contributed by atoms with Gasteiger partial charge in [0.1, 0.15) is 6.04 Å². The summed E-state index contributed by atoms with van der Waals surface area (Å²) in [5, 5.41) is 19.8. The van der Waals surface area contributed by atoms with Crippen molar-refractivity contribution in [3.63, 3.8) is 0 Å². The Hall–Kier alpha value is -2.55. The number of rotatable bonds is 4. The highest BCUT2D eigenvalue weighted by Crippen LogP contribution is 2.07. The van der Waals surface area contributed by atoms with Crippen molar-refractivity contribution in [3.05, 3.63) is 35.4 Å². The molecule has 0 saturated carbocycles. The molecule has 0 aliphatic rings. The van der Waals surface area contributed by atoms with Gasteiger partial charge in [-0.3, -0.25) is 4.79 Å². The maximum Gasteiger partial charge on any atom is 0.325 e. The fraction of sp³-hybridized carbons (Fsp3) is 0.308. The largest absolute Gasteiger partial charge is 0.480 e. The Labute approximate surface area is 111 Å². The molecule has 0 radical (unpaired) electrons. The number of carboxylic acids is 1. The molecule has 2 N–H and O–H groups in total. The lowest BCUT2D eigenvalue weighted by molar-refractivity contribution is -0.138. The molecule has 0 heterocycles. The second-order valence-corrected chi connectivity index (χ2v) is 4.18. The number of nitriles is 1. The van der Waals surface area contributed by atoms with E-state index >= 15 is 0 Å². The van der Waals surface area contributed by atoms with Gasteiger partial charge in [-0.25, -0.2) is 4.79 Å². The third kappa shape index (κ3) is 4.32. The summed E-state index contributed by atoms with van der Waals surface area (Å²) in [4.78, 5) is 23.7. The maximum absolute atomic E-state index is 11.7. The van der Waals surface area contributed by atoms with E-state index in [2.05, 4.69) is 5.32 Å². The zero-order chi connectivity index (χ0) is 14.4. The van der Waals surface area contributed by atoms with Gasteiger partial charge in [0.25, 0.3) is 0 Å². The fourth-order valence-corrected chi connectivity index (χ4v) is 1.44. The highest BCUT2D eigenvalue weighted by atomic mass is 16.4. The number of hydrogen-bond acceptors (Lipinski definition) is 3. The fourth-order valence-electron chi connectivity index (χ4n) is 1.44. The average molecular weight is 261 g/mol. The molecule has 6 heteroatoms. The van der Waals surface area contributed by atoms with Gasteiger partial charge in [0, 0.05) is 13.6 Å². The van der Waals surface area contributed by atoms with Gasteiger partial charge in [-0.2, -0.15) is 5.26 Å². The van der Waals surface area contributed by atoms with Crippen LogP contribution in [0.3, 0.4) is 0 Å². The van der Waals surface area contributed by atoms with Crippen molar-refractivity contribution in [3.8, 4) is 6.07 Å². The van der Waals surface area contributed by atoms with Gasteiger partial charge in [0.15, 0.2) is 0 Å². The molecule has 0 aliphatic carbocycles. The molecule has 0 aromatic heterocycles. The minimum absolute atomic E-state index is 0.299. The first-order valence-corrected chi connectivity index (χ1v) is 5.67. The van der Waals surface area contributed by atoms with Gasteiger partial charge in [-0.15, -0.1) is 0 Å². The number of amides is 2. The van der Waals surface area contributed by atoms with Crippen LogP contribution in [0.4, 0.5) is 4.79 Å². The van der Waals surface area contributed by atoms with Crippen molar-refractivity contribution in [2.45, 2.75) is 19.5 Å². The molecule has 0 spiro atoms. The second-order valence-electron chi connectivity index (χ2n) is 4.18. The van der Waals surface area contributed by atoms with E-state index in [1.165, 1.54) is 11.8 Å². The number of carbonyl (C=O) groups is 2. The summed E-state index contributed by atoms with van der Waals surface area (Å²) >= 11 is 0. The SMILES string of the molecule is CC(NC(=O)N(C)Cc1cccc(C#N)c1)C(=O)O. The van der Waals surface area contributed by atoms with Gasteiger partial charge < -0.3 is 15.3 Å². The van der Waals surface area contributed by atoms with Crippen LogP contribution >= 0.6 is 0 Å². The summed E-state index contributed by atoms with van der Waals surface area (Å²) in [6.07, 6.45) is 0. The molecule has 1 aromatic rings. The lowest BCUT2D eigenvalue weighted by Crippen LogP contribution is -2.44. The molecular weight excluding hydrogens is 246 g/mol. The van der Waals surface area contributed by atoms with Crippen LogP contribution in [0, 0.1) is 11.3 Å². The predicted octanol–water partition coefficient (Wildman–Crippen LogP) is 1.17. The van der Waals surface area contributed by atoms with Gasteiger partial charge in [-0.1, -0.05) is 12.1 Å². The van der Waals surface area contributed by atoms with Crippen LogP contribution in [-0.2, 0) is 11.3 Å². The number of hydrogen-bond donors (Lipinski definition) is 2. The average Bonchev–Trinajstić information content (AvgIpc) is 2.38. The van der Waals surface area contributed by atoms with E-state index in [1.54, 1.807) is 31.3 Å². The Morgan fingerprint density at radius 3 is 2.79 bits per heavy atom. The number of nitrogens with zero attached hydrogens (tertiary/aromatic N) is 2. The van der Waals surface area contributed by atoms with Gasteiger partial charge in [0.05, 0.1) is 11.6 Å². The minimum atomic E-state index is -1.09. The highest BCUT2D eigenvalue weighted by molar-refractivity contribution is 5.82. The van der Waals surface area contributed by atoms with Crippen molar-refractivity contribution in [2.75, 3.05) is 7.05 Å². The number of aliphatic carboxylic acids is 1. The summed E-state index contributed by atoms with van der Waals surface area (Å²) in [7, 11) is 1.56. The molecule has 6 nitrogen and oxygen atoms in total. The topological polar surface area (TPSA) is 93.4 Å². The third-order valence-corrected chi connectivity index (χ3v) is 2.53. The number of benzene rings is 1. The minimum Gasteiger partial charge on any atom is -0.480 e. The summed E-state index contributed by atoms with van der Waals surface area (Å²) in [5.74, 6) is -1.09. The summed E-state index contributed by atoms with van der Waals surface area (Å²) in [5.41, 5.74) is 1.32. The van der Waals surface area contributed by atoms with Crippen LogP contribution in [0.25, 0.3) is 0 Å². The molecule has 0 saturated heterocycles. The first-order valence-electron chi connectivity index (χ1n) is 5.67. The van der Waals surface area contributed by atoms with Crippen LogP contribution in [0.5, 0.6) is 0 Å². The molecule has 19 heavy (non-hydrogen) atoms. The number of carboxylic acid groups (broad SMARTS) is 1. The van der Waals surface area contributed by atoms with E-state index in [0.29, 0.717) is 12.1 Å². The molecule has 100 valence electrons. The Balaban J connectivity index is 2.63. The Kier molecular flexibility index (Phi) is 4.89. The summed E-state index contributed by atoms with van der Waals surface area (Å²) in [6.45, 7) is 1.69. The predicted molar refractivity (Wildman–Crippen MR) is 68.3 cm³/mol. The molecule has 0 aliphatic heterocycles.